The molecule has 1 aromatic carbocycles. The molecule has 3 rings (SSSR count). The lowest BCUT2D eigenvalue weighted by molar-refractivity contribution is -0.124. The van der Waals surface area contributed by atoms with Gasteiger partial charge in [0.15, 0.2) is 6.61 Å². The van der Waals surface area contributed by atoms with Gasteiger partial charge >= 0.3 is 5.97 Å². The molecule has 0 unspecified atom stereocenters. The number of furan rings is 1. The van der Waals surface area contributed by atoms with Crippen molar-refractivity contribution in [3.05, 3.63) is 51.9 Å². The van der Waals surface area contributed by atoms with Gasteiger partial charge in [0.25, 0.3) is 5.91 Å². The van der Waals surface area contributed by atoms with Crippen molar-refractivity contribution in [2.75, 3.05) is 13.7 Å². The minimum absolute atomic E-state index is 0.0920. The molecule has 0 aliphatic rings. The maximum atomic E-state index is 12.2. The molecular weight excluding hydrogens is 342 g/mol. The second-order valence-corrected chi connectivity index (χ2v) is 6.38. The number of amides is 1. The maximum Gasteiger partial charge on any atom is 0.375 e. The Morgan fingerprint density at radius 1 is 1.28 bits per heavy atom. The van der Waals surface area contributed by atoms with E-state index in [0.29, 0.717) is 23.4 Å². The average Bonchev–Trinajstić information content (AvgIpc) is 3.25. The molecule has 130 valence electrons. The number of benzene rings is 1. The van der Waals surface area contributed by atoms with Gasteiger partial charge in [-0.05, 0) is 36.6 Å². The summed E-state index contributed by atoms with van der Waals surface area (Å²) in [6.07, 6.45) is 0. The largest absolute Gasteiger partial charge is 0.497 e. The highest BCUT2D eigenvalue weighted by atomic mass is 32.1. The second-order valence-electron chi connectivity index (χ2n) is 5.35. The van der Waals surface area contributed by atoms with Gasteiger partial charge < -0.3 is 19.2 Å². The number of fused-ring (bicyclic) bond motifs is 1. The predicted molar refractivity (Wildman–Crippen MR) is 94.0 cm³/mol. The fourth-order valence-corrected chi connectivity index (χ4v) is 3.01. The van der Waals surface area contributed by atoms with Gasteiger partial charge in [-0.15, -0.1) is 11.3 Å². The Balaban J connectivity index is 1.62. The van der Waals surface area contributed by atoms with E-state index < -0.39 is 5.97 Å². The summed E-state index contributed by atoms with van der Waals surface area (Å²) in [5.74, 6) is -0.269. The fourth-order valence-electron chi connectivity index (χ4n) is 2.37. The van der Waals surface area contributed by atoms with Crippen LogP contribution < -0.4 is 10.1 Å². The van der Waals surface area contributed by atoms with Crippen LogP contribution in [0, 0.1) is 6.92 Å². The summed E-state index contributed by atoms with van der Waals surface area (Å²) < 4.78 is 15.8. The molecule has 2 aromatic heterocycles. The first kappa shape index (κ1) is 17.0. The van der Waals surface area contributed by atoms with Crippen molar-refractivity contribution in [3.8, 4) is 5.75 Å². The normalized spacial score (nSPS) is 10.6. The van der Waals surface area contributed by atoms with Gasteiger partial charge in [0, 0.05) is 15.8 Å². The molecule has 0 fully saturated rings. The molecule has 6 nitrogen and oxygen atoms in total. The van der Waals surface area contributed by atoms with Crippen LogP contribution in [-0.4, -0.2) is 25.6 Å². The first-order valence-corrected chi connectivity index (χ1v) is 8.50. The molecule has 7 heteroatoms. The lowest BCUT2D eigenvalue weighted by atomic mass is 10.1. The first-order chi connectivity index (χ1) is 12.1. The molecule has 0 saturated heterocycles. The van der Waals surface area contributed by atoms with E-state index in [9.17, 15) is 9.59 Å². The quantitative estimate of drug-likeness (QED) is 0.684. The smallest absolute Gasteiger partial charge is 0.375 e. The zero-order valence-electron chi connectivity index (χ0n) is 13.8. The Bertz CT molecular complexity index is 898. The Morgan fingerprint density at radius 2 is 2.12 bits per heavy atom. The van der Waals surface area contributed by atoms with Gasteiger partial charge in [0.1, 0.15) is 11.3 Å². The van der Waals surface area contributed by atoms with Gasteiger partial charge in [-0.2, -0.15) is 0 Å². The summed E-state index contributed by atoms with van der Waals surface area (Å²) >= 11 is 1.55. The van der Waals surface area contributed by atoms with Crippen LogP contribution in [0.25, 0.3) is 11.0 Å². The molecule has 0 bridgehead atoms. The molecule has 1 amide bonds. The van der Waals surface area contributed by atoms with E-state index in [1.54, 1.807) is 43.6 Å². The van der Waals surface area contributed by atoms with Crippen LogP contribution in [-0.2, 0) is 16.1 Å². The molecule has 0 aliphatic carbocycles. The van der Waals surface area contributed by atoms with Crippen LogP contribution in [0.5, 0.6) is 5.75 Å². The van der Waals surface area contributed by atoms with E-state index in [4.69, 9.17) is 13.9 Å². The summed E-state index contributed by atoms with van der Waals surface area (Å²) in [6.45, 7) is 1.82. The number of aryl methyl sites for hydroxylation is 1. The summed E-state index contributed by atoms with van der Waals surface area (Å²) in [7, 11) is 1.57. The first-order valence-electron chi connectivity index (χ1n) is 7.62. The zero-order chi connectivity index (χ0) is 17.8. The number of carbonyl (C=O) groups is 2. The van der Waals surface area contributed by atoms with E-state index >= 15 is 0 Å². The van der Waals surface area contributed by atoms with Crippen LogP contribution in [0.2, 0.25) is 0 Å². The number of carbonyl (C=O) groups excluding carboxylic acids is 2. The van der Waals surface area contributed by atoms with E-state index in [0.717, 1.165) is 10.3 Å². The van der Waals surface area contributed by atoms with E-state index in [2.05, 4.69) is 5.32 Å². The number of methoxy groups -OCH3 is 1. The van der Waals surface area contributed by atoms with E-state index in [-0.39, 0.29) is 18.3 Å². The third-order valence-corrected chi connectivity index (χ3v) is 4.58. The van der Waals surface area contributed by atoms with Gasteiger partial charge in [-0.3, -0.25) is 4.79 Å². The maximum absolute atomic E-state index is 12.2. The standard InChI is InChI=1S/C18H17NO5S/c1-11-14-8-12(22-2)5-6-15(14)24-17(11)18(21)23-10-16(20)19-9-13-4-3-7-25-13/h3-8H,9-10H2,1-2H3,(H,19,20). The van der Waals surface area contributed by atoms with E-state index in [1.165, 1.54) is 0 Å². The minimum atomic E-state index is -0.668. The average molecular weight is 359 g/mol. The van der Waals surface area contributed by atoms with Gasteiger partial charge in [-0.1, -0.05) is 6.07 Å². The van der Waals surface area contributed by atoms with Crippen LogP contribution in [0.4, 0.5) is 0 Å². The molecule has 0 spiro atoms. The zero-order valence-corrected chi connectivity index (χ0v) is 14.6. The van der Waals surface area contributed by atoms with Gasteiger partial charge in [-0.25, -0.2) is 4.79 Å². The lowest BCUT2D eigenvalue weighted by Crippen LogP contribution is -2.28. The van der Waals surface area contributed by atoms with Crippen molar-refractivity contribution < 1.29 is 23.5 Å². The summed E-state index contributed by atoms with van der Waals surface area (Å²) in [5, 5.41) is 5.40. The molecule has 1 N–H and O–H groups in total. The van der Waals surface area contributed by atoms with Crippen molar-refractivity contribution in [3.63, 3.8) is 0 Å². The van der Waals surface area contributed by atoms with Gasteiger partial charge in [0.2, 0.25) is 5.76 Å². The SMILES string of the molecule is COc1ccc2oc(C(=O)OCC(=O)NCc3cccs3)c(C)c2c1. The summed E-state index contributed by atoms with van der Waals surface area (Å²) in [6, 6.07) is 9.09. The number of rotatable bonds is 6. The second kappa shape index (κ2) is 7.40. The van der Waals surface area contributed by atoms with Crippen LogP contribution in [0.15, 0.2) is 40.1 Å². The monoisotopic (exact) mass is 359 g/mol. The molecule has 0 aliphatic heterocycles. The summed E-state index contributed by atoms with van der Waals surface area (Å²) in [5.41, 5.74) is 1.21. The number of nitrogens with one attached hydrogen (secondary N) is 1. The third kappa shape index (κ3) is 3.83. The van der Waals surface area contributed by atoms with E-state index in [1.807, 2.05) is 17.5 Å². The highest BCUT2D eigenvalue weighted by molar-refractivity contribution is 7.09. The number of ether oxygens (including phenoxy) is 2. The number of hydrogen-bond acceptors (Lipinski definition) is 6. The molecule has 3 aromatic rings. The Labute approximate surface area is 148 Å². The molecule has 0 radical (unpaired) electrons. The molecule has 2 heterocycles. The molecular formula is C18H17NO5S. The molecule has 0 atom stereocenters. The predicted octanol–water partition coefficient (Wildman–Crippen LogP) is 3.28. The highest BCUT2D eigenvalue weighted by Crippen LogP contribution is 2.29. The van der Waals surface area contributed by atoms with Crippen molar-refractivity contribution in [1.29, 1.82) is 0 Å². The number of thiophene rings is 1. The number of esters is 1. The van der Waals surface area contributed by atoms with Gasteiger partial charge in [0.05, 0.1) is 13.7 Å². The Hall–Kier alpha value is -2.80. The molecule has 0 saturated carbocycles. The Morgan fingerprint density at radius 3 is 2.84 bits per heavy atom. The highest BCUT2D eigenvalue weighted by Gasteiger charge is 2.20. The minimum Gasteiger partial charge on any atom is -0.497 e. The topological polar surface area (TPSA) is 77.8 Å². The van der Waals surface area contributed by atoms with Crippen LogP contribution >= 0.6 is 11.3 Å². The number of hydrogen-bond donors (Lipinski definition) is 1. The molecule has 25 heavy (non-hydrogen) atoms. The van der Waals surface area contributed by atoms with Crippen LogP contribution in [0.3, 0.4) is 0 Å². The summed E-state index contributed by atoms with van der Waals surface area (Å²) in [4.78, 5) is 25.0. The van der Waals surface area contributed by atoms with Crippen LogP contribution in [0.1, 0.15) is 21.0 Å². The Kier molecular flexibility index (Phi) is 5.04. The lowest BCUT2D eigenvalue weighted by Gasteiger charge is -2.05. The van der Waals surface area contributed by atoms with Crippen molar-refractivity contribution in [2.24, 2.45) is 0 Å². The van der Waals surface area contributed by atoms with Crippen molar-refractivity contribution >= 4 is 34.2 Å². The fraction of sp³-hybridized carbons (Fsp3) is 0.222. The third-order valence-electron chi connectivity index (χ3n) is 3.70. The van der Waals surface area contributed by atoms with Crippen molar-refractivity contribution in [1.82, 2.24) is 5.32 Å². The van der Waals surface area contributed by atoms with Crippen molar-refractivity contribution in [2.45, 2.75) is 13.5 Å².